The Labute approximate surface area is 206 Å². The summed E-state index contributed by atoms with van der Waals surface area (Å²) in [5.74, 6) is 1.59. The van der Waals surface area contributed by atoms with Gasteiger partial charge >= 0.3 is 0 Å². The Morgan fingerprint density at radius 2 is 1.88 bits per heavy atom. The van der Waals surface area contributed by atoms with Crippen LogP contribution in [0.25, 0.3) is 10.9 Å². The lowest BCUT2D eigenvalue weighted by Crippen LogP contribution is -2.52. The van der Waals surface area contributed by atoms with E-state index in [9.17, 15) is 4.79 Å². The Balaban J connectivity index is 1.72. The molecule has 2 aliphatic carbocycles. The van der Waals surface area contributed by atoms with Gasteiger partial charge in [-0.25, -0.2) is 0 Å². The number of hydrogen-bond donors (Lipinski definition) is 1. The van der Waals surface area contributed by atoms with Gasteiger partial charge < -0.3 is 14.6 Å². The molecular formula is C29H45N3O2. The van der Waals surface area contributed by atoms with E-state index in [1.54, 1.807) is 7.11 Å². The van der Waals surface area contributed by atoms with Gasteiger partial charge in [0.1, 0.15) is 5.75 Å². The van der Waals surface area contributed by atoms with Gasteiger partial charge in [-0.15, -0.1) is 0 Å². The first-order valence-corrected chi connectivity index (χ1v) is 13.1. The molecule has 0 radical (unpaired) electrons. The number of rotatable bonds is 8. The standard InChI is InChI=1S/C29H45N3O2/c1-18(2)31(19(3)4)15-16-32-20(5)24(22-11-10-12-23(34-9)25(22)32)26(33)30-27-28(6,7)21-13-14-29(27,8)17-21/h10-12,18-19,21,27H,13-17H2,1-9H3,(H,30,33). The van der Waals surface area contributed by atoms with Gasteiger partial charge in [0.15, 0.2) is 0 Å². The monoisotopic (exact) mass is 467 g/mol. The highest BCUT2D eigenvalue weighted by Gasteiger charge is 2.59. The fourth-order valence-electron chi connectivity index (χ4n) is 7.42. The number of carbonyl (C=O) groups excluding carboxylic acids is 1. The van der Waals surface area contributed by atoms with Gasteiger partial charge in [-0.3, -0.25) is 9.69 Å². The highest BCUT2D eigenvalue weighted by atomic mass is 16.5. The molecule has 1 amide bonds. The van der Waals surface area contributed by atoms with Crippen molar-refractivity contribution in [3.8, 4) is 5.75 Å². The van der Waals surface area contributed by atoms with Crippen LogP contribution >= 0.6 is 0 Å². The summed E-state index contributed by atoms with van der Waals surface area (Å²) in [5.41, 5.74) is 3.18. The average molecular weight is 468 g/mol. The number of ether oxygens (including phenoxy) is 1. The van der Waals surface area contributed by atoms with Crippen LogP contribution in [0, 0.1) is 23.7 Å². The largest absolute Gasteiger partial charge is 0.495 e. The maximum atomic E-state index is 13.9. The van der Waals surface area contributed by atoms with Crippen molar-refractivity contribution in [3.05, 3.63) is 29.5 Å². The molecule has 1 N–H and O–H groups in total. The number of aromatic nitrogens is 1. The summed E-state index contributed by atoms with van der Waals surface area (Å²) in [5, 5.41) is 4.53. The molecule has 5 heteroatoms. The Morgan fingerprint density at radius 1 is 1.21 bits per heavy atom. The number of nitrogens with one attached hydrogen (secondary N) is 1. The SMILES string of the molecule is COc1cccc2c(C(=O)NC3C4(C)CCC(C4)C3(C)C)c(C)n(CCN(C(C)C)C(C)C)c12. The Kier molecular flexibility index (Phi) is 6.56. The number of para-hydroxylation sites is 1. The molecule has 5 nitrogen and oxygen atoms in total. The zero-order valence-corrected chi connectivity index (χ0v) is 22.8. The molecule has 0 spiro atoms. The zero-order valence-electron chi connectivity index (χ0n) is 22.8. The molecule has 1 aromatic heterocycles. The summed E-state index contributed by atoms with van der Waals surface area (Å²) >= 11 is 0. The summed E-state index contributed by atoms with van der Waals surface area (Å²) in [6, 6.07) is 7.21. The molecule has 4 rings (SSSR count). The van der Waals surface area contributed by atoms with Crippen molar-refractivity contribution in [2.45, 2.75) is 99.3 Å². The number of fused-ring (bicyclic) bond motifs is 3. The van der Waals surface area contributed by atoms with E-state index >= 15 is 0 Å². The number of amides is 1. The lowest BCUT2D eigenvalue weighted by atomic mass is 9.68. The molecule has 0 aliphatic heterocycles. The molecule has 1 heterocycles. The number of methoxy groups -OCH3 is 1. The van der Waals surface area contributed by atoms with Gasteiger partial charge in [0.2, 0.25) is 0 Å². The summed E-state index contributed by atoms with van der Waals surface area (Å²) < 4.78 is 8.07. The van der Waals surface area contributed by atoms with Crippen molar-refractivity contribution in [3.63, 3.8) is 0 Å². The summed E-state index contributed by atoms with van der Waals surface area (Å²) in [4.78, 5) is 16.4. The Bertz CT molecular complexity index is 1050. The first-order chi connectivity index (χ1) is 15.9. The van der Waals surface area contributed by atoms with Crippen LogP contribution in [0.15, 0.2) is 18.2 Å². The van der Waals surface area contributed by atoms with E-state index in [0.29, 0.717) is 18.0 Å². The summed E-state index contributed by atoms with van der Waals surface area (Å²) in [7, 11) is 1.72. The minimum Gasteiger partial charge on any atom is -0.495 e. The molecule has 34 heavy (non-hydrogen) atoms. The molecule has 2 saturated carbocycles. The van der Waals surface area contributed by atoms with E-state index in [-0.39, 0.29) is 22.8 Å². The van der Waals surface area contributed by atoms with E-state index in [1.165, 1.54) is 19.3 Å². The predicted octanol–water partition coefficient (Wildman–Crippen LogP) is 6.02. The fraction of sp³-hybridized carbons (Fsp3) is 0.690. The third-order valence-corrected chi connectivity index (χ3v) is 9.21. The Hall–Kier alpha value is -2.01. The predicted molar refractivity (Wildman–Crippen MR) is 141 cm³/mol. The van der Waals surface area contributed by atoms with Crippen molar-refractivity contribution in [2.75, 3.05) is 13.7 Å². The third-order valence-electron chi connectivity index (χ3n) is 9.21. The first-order valence-electron chi connectivity index (χ1n) is 13.1. The molecule has 2 aromatic rings. The van der Waals surface area contributed by atoms with Gasteiger partial charge in [0.25, 0.3) is 5.91 Å². The number of nitrogens with zero attached hydrogens (tertiary/aromatic N) is 2. The van der Waals surface area contributed by atoms with Crippen LogP contribution in [0.5, 0.6) is 5.75 Å². The van der Waals surface area contributed by atoms with Gasteiger partial charge in [0.05, 0.1) is 18.2 Å². The first kappa shape index (κ1) is 25.1. The van der Waals surface area contributed by atoms with E-state index < -0.39 is 0 Å². The second kappa shape index (κ2) is 8.89. The van der Waals surface area contributed by atoms with E-state index in [2.05, 4.69) is 76.2 Å². The fourth-order valence-corrected chi connectivity index (χ4v) is 7.42. The lowest BCUT2D eigenvalue weighted by molar-refractivity contribution is 0.0738. The van der Waals surface area contributed by atoms with Crippen LogP contribution in [0.2, 0.25) is 0 Å². The molecule has 2 aliphatic rings. The minimum absolute atomic E-state index is 0.0610. The van der Waals surface area contributed by atoms with Crippen LogP contribution < -0.4 is 10.1 Å². The highest BCUT2D eigenvalue weighted by molar-refractivity contribution is 6.10. The van der Waals surface area contributed by atoms with Crippen LogP contribution in [0.1, 0.15) is 83.8 Å². The normalized spacial score (nSPS) is 25.8. The topological polar surface area (TPSA) is 46.5 Å². The third kappa shape index (κ3) is 3.94. The van der Waals surface area contributed by atoms with Gasteiger partial charge in [0, 0.05) is 42.3 Å². The van der Waals surface area contributed by atoms with E-state index in [0.717, 1.165) is 41.0 Å². The van der Waals surface area contributed by atoms with Gasteiger partial charge in [-0.2, -0.15) is 0 Å². The van der Waals surface area contributed by atoms with Crippen LogP contribution in [0.4, 0.5) is 0 Å². The van der Waals surface area contributed by atoms with Gasteiger partial charge in [-0.05, 0) is 76.7 Å². The number of carbonyl (C=O) groups is 1. The number of hydrogen-bond acceptors (Lipinski definition) is 3. The molecule has 3 atom stereocenters. The van der Waals surface area contributed by atoms with Gasteiger partial charge in [-0.1, -0.05) is 32.9 Å². The maximum Gasteiger partial charge on any atom is 0.253 e. The second-order valence-corrected chi connectivity index (χ2v) is 12.2. The zero-order chi connectivity index (χ0) is 25.0. The lowest BCUT2D eigenvalue weighted by Gasteiger charge is -2.43. The smallest absolute Gasteiger partial charge is 0.253 e. The van der Waals surface area contributed by atoms with Crippen molar-refractivity contribution < 1.29 is 9.53 Å². The second-order valence-electron chi connectivity index (χ2n) is 12.2. The van der Waals surface area contributed by atoms with Crippen LogP contribution in [-0.2, 0) is 6.54 Å². The van der Waals surface area contributed by atoms with Crippen molar-refractivity contribution >= 4 is 16.8 Å². The summed E-state index contributed by atoms with van der Waals surface area (Å²) in [6.45, 7) is 19.9. The average Bonchev–Trinajstić information content (AvgIpc) is 3.35. The number of benzene rings is 1. The van der Waals surface area contributed by atoms with Crippen LogP contribution in [0.3, 0.4) is 0 Å². The highest BCUT2D eigenvalue weighted by Crippen LogP contribution is 2.62. The van der Waals surface area contributed by atoms with Crippen molar-refractivity contribution in [2.24, 2.45) is 16.7 Å². The maximum absolute atomic E-state index is 13.9. The molecule has 1 aromatic carbocycles. The van der Waals surface area contributed by atoms with Crippen LogP contribution in [-0.4, -0.2) is 47.2 Å². The van der Waals surface area contributed by atoms with E-state index in [4.69, 9.17) is 4.74 Å². The molecule has 188 valence electrons. The summed E-state index contributed by atoms with van der Waals surface area (Å²) in [6.07, 6.45) is 3.72. The van der Waals surface area contributed by atoms with Crippen molar-refractivity contribution in [1.29, 1.82) is 0 Å². The minimum atomic E-state index is 0.0610. The molecule has 0 saturated heterocycles. The molecule has 2 fully saturated rings. The van der Waals surface area contributed by atoms with Crippen molar-refractivity contribution in [1.82, 2.24) is 14.8 Å². The van der Waals surface area contributed by atoms with E-state index in [1.807, 2.05) is 12.1 Å². The molecule has 3 unspecified atom stereocenters. The molecule has 2 bridgehead atoms. The Morgan fingerprint density at radius 3 is 2.44 bits per heavy atom. The molecular weight excluding hydrogens is 422 g/mol. The quantitative estimate of drug-likeness (QED) is 0.516.